The zero-order chi connectivity index (χ0) is 14.8. The van der Waals surface area contributed by atoms with E-state index in [2.05, 4.69) is 4.57 Å². The highest BCUT2D eigenvalue weighted by atomic mass is 35.5. The Morgan fingerprint density at radius 2 is 1.57 bits per heavy atom. The number of aromatic nitrogens is 1. The van der Waals surface area contributed by atoms with Crippen LogP contribution in [0.25, 0.3) is 10.9 Å². The van der Waals surface area contributed by atoms with Gasteiger partial charge >= 0.3 is 0 Å². The smallest absolute Gasteiger partial charge is 0.143 e. The number of benzene rings is 2. The first-order valence-corrected chi connectivity index (χ1v) is 7.05. The monoisotopic (exact) mass is 301 g/mol. The molecule has 21 heavy (non-hydrogen) atoms. The Morgan fingerprint density at radius 1 is 0.905 bits per heavy atom. The van der Waals surface area contributed by atoms with Gasteiger partial charge in [-0.05, 0) is 35.9 Å². The largest absolute Gasteiger partial charge is 0.496 e. The number of hydrogen-bond donors (Lipinski definition) is 0. The minimum Gasteiger partial charge on any atom is -0.496 e. The number of methoxy groups -OCH3 is 2. The molecule has 0 unspecified atom stereocenters. The van der Waals surface area contributed by atoms with Gasteiger partial charge < -0.3 is 14.0 Å². The van der Waals surface area contributed by atoms with Crippen LogP contribution in [0.3, 0.4) is 0 Å². The van der Waals surface area contributed by atoms with Crippen molar-refractivity contribution in [1.82, 2.24) is 4.57 Å². The van der Waals surface area contributed by atoms with Crippen molar-refractivity contribution in [3.63, 3.8) is 0 Å². The van der Waals surface area contributed by atoms with Crippen molar-refractivity contribution in [3.05, 3.63) is 59.2 Å². The van der Waals surface area contributed by atoms with Gasteiger partial charge in [0.15, 0.2) is 0 Å². The number of fused-ring (bicyclic) bond motifs is 1. The molecule has 4 heteroatoms. The first kappa shape index (κ1) is 13.8. The van der Waals surface area contributed by atoms with Crippen LogP contribution in [0.1, 0.15) is 5.56 Å². The SMILES string of the molecule is COc1ccc(OC)c2c1ccn2Cc1ccc(Cl)cc1. The van der Waals surface area contributed by atoms with E-state index in [1.807, 2.05) is 48.7 Å². The number of ether oxygens (including phenoxy) is 2. The summed E-state index contributed by atoms with van der Waals surface area (Å²) in [7, 11) is 3.36. The fourth-order valence-corrected chi connectivity index (χ4v) is 2.65. The molecule has 1 heterocycles. The Kier molecular flexibility index (Phi) is 3.76. The van der Waals surface area contributed by atoms with Crippen molar-refractivity contribution < 1.29 is 9.47 Å². The number of halogens is 1. The van der Waals surface area contributed by atoms with Crippen LogP contribution in [0.4, 0.5) is 0 Å². The van der Waals surface area contributed by atoms with E-state index in [4.69, 9.17) is 21.1 Å². The van der Waals surface area contributed by atoms with Gasteiger partial charge in [0.1, 0.15) is 11.5 Å². The van der Waals surface area contributed by atoms with E-state index in [1.165, 1.54) is 5.56 Å². The van der Waals surface area contributed by atoms with Crippen LogP contribution in [-0.4, -0.2) is 18.8 Å². The van der Waals surface area contributed by atoms with E-state index in [9.17, 15) is 0 Å². The summed E-state index contributed by atoms with van der Waals surface area (Å²) in [6.45, 7) is 0.754. The zero-order valence-electron chi connectivity index (χ0n) is 12.0. The van der Waals surface area contributed by atoms with Gasteiger partial charge in [-0.1, -0.05) is 23.7 Å². The second-order valence-electron chi connectivity index (χ2n) is 4.80. The molecule has 0 N–H and O–H groups in total. The quantitative estimate of drug-likeness (QED) is 0.715. The van der Waals surface area contributed by atoms with E-state index in [-0.39, 0.29) is 0 Å². The molecule has 0 spiro atoms. The molecule has 0 radical (unpaired) electrons. The van der Waals surface area contributed by atoms with Crippen molar-refractivity contribution in [2.75, 3.05) is 14.2 Å². The minimum absolute atomic E-state index is 0.746. The topological polar surface area (TPSA) is 23.4 Å². The second kappa shape index (κ2) is 5.70. The lowest BCUT2D eigenvalue weighted by Crippen LogP contribution is -1.99. The first-order valence-electron chi connectivity index (χ1n) is 6.67. The lowest BCUT2D eigenvalue weighted by molar-refractivity contribution is 0.409. The van der Waals surface area contributed by atoms with E-state index >= 15 is 0 Å². The molecule has 3 nitrogen and oxygen atoms in total. The van der Waals surface area contributed by atoms with E-state index in [1.54, 1.807) is 14.2 Å². The highest BCUT2D eigenvalue weighted by Crippen LogP contribution is 2.34. The molecule has 0 aliphatic rings. The van der Waals surface area contributed by atoms with Crippen LogP contribution < -0.4 is 9.47 Å². The fourth-order valence-electron chi connectivity index (χ4n) is 2.53. The van der Waals surface area contributed by atoms with Crippen LogP contribution in [0.15, 0.2) is 48.7 Å². The molecule has 2 aromatic carbocycles. The van der Waals surface area contributed by atoms with Gasteiger partial charge in [0.2, 0.25) is 0 Å². The number of rotatable bonds is 4. The van der Waals surface area contributed by atoms with Crippen molar-refractivity contribution >= 4 is 22.5 Å². The van der Waals surface area contributed by atoms with Crippen LogP contribution >= 0.6 is 11.6 Å². The zero-order valence-corrected chi connectivity index (χ0v) is 12.7. The standard InChI is InChI=1S/C17H16ClNO2/c1-20-15-7-8-16(21-2)17-14(15)9-10-19(17)11-12-3-5-13(18)6-4-12/h3-10H,11H2,1-2H3. The Hall–Kier alpha value is -2.13. The molecule has 0 aliphatic heterocycles. The number of hydrogen-bond acceptors (Lipinski definition) is 2. The normalized spacial score (nSPS) is 10.8. The summed E-state index contributed by atoms with van der Waals surface area (Å²) in [6, 6.07) is 13.8. The molecular weight excluding hydrogens is 286 g/mol. The molecule has 3 rings (SSSR count). The third-order valence-electron chi connectivity index (χ3n) is 3.55. The van der Waals surface area contributed by atoms with Crippen LogP contribution in [0, 0.1) is 0 Å². The summed E-state index contributed by atoms with van der Waals surface area (Å²) in [5.41, 5.74) is 2.22. The average molecular weight is 302 g/mol. The van der Waals surface area contributed by atoms with Crippen molar-refractivity contribution in [2.45, 2.75) is 6.54 Å². The maximum Gasteiger partial charge on any atom is 0.143 e. The Labute approximate surface area is 128 Å². The maximum absolute atomic E-state index is 5.93. The lowest BCUT2D eigenvalue weighted by Gasteiger charge is -2.11. The Bertz CT molecular complexity index is 762. The van der Waals surface area contributed by atoms with Gasteiger partial charge in [0, 0.05) is 23.2 Å². The van der Waals surface area contributed by atoms with Gasteiger partial charge in [-0.25, -0.2) is 0 Å². The predicted octanol–water partition coefficient (Wildman–Crippen LogP) is 4.36. The van der Waals surface area contributed by atoms with E-state index < -0.39 is 0 Å². The summed E-state index contributed by atoms with van der Waals surface area (Å²) < 4.78 is 13.1. The number of nitrogens with zero attached hydrogens (tertiary/aromatic N) is 1. The molecule has 0 aliphatic carbocycles. The van der Waals surface area contributed by atoms with Gasteiger partial charge in [-0.15, -0.1) is 0 Å². The highest BCUT2D eigenvalue weighted by Gasteiger charge is 2.12. The fraction of sp³-hybridized carbons (Fsp3) is 0.176. The average Bonchev–Trinajstić information content (AvgIpc) is 2.93. The molecule has 0 bridgehead atoms. The Balaban J connectivity index is 2.08. The first-order chi connectivity index (χ1) is 10.2. The molecule has 0 atom stereocenters. The maximum atomic E-state index is 5.93. The van der Waals surface area contributed by atoms with E-state index in [0.717, 1.165) is 34.0 Å². The predicted molar refractivity (Wildman–Crippen MR) is 85.6 cm³/mol. The van der Waals surface area contributed by atoms with Crippen molar-refractivity contribution in [1.29, 1.82) is 0 Å². The van der Waals surface area contributed by atoms with Crippen LogP contribution in [0.2, 0.25) is 5.02 Å². The minimum atomic E-state index is 0.746. The van der Waals surface area contributed by atoms with Gasteiger partial charge in [-0.3, -0.25) is 0 Å². The van der Waals surface area contributed by atoms with Gasteiger partial charge in [0.25, 0.3) is 0 Å². The molecule has 3 aromatic rings. The molecule has 0 saturated heterocycles. The summed E-state index contributed by atoms with van der Waals surface area (Å²) in [6.07, 6.45) is 2.05. The van der Waals surface area contributed by atoms with Crippen LogP contribution in [-0.2, 0) is 6.54 Å². The van der Waals surface area contributed by atoms with E-state index in [0.29, 0.717) is 0 Å². The third-order valence-corrected chi connectivity index (χ3v) is 3.81. The summed E-state index contributed by atoms with van der Waals surface area (Å²) in [5.74, 6) is 1.69. The molecule has 1 aromatic heterocycles. The van der Waals surface area contributed by atoms with Gasteiger partial charge in [-0.2, -0.15) is 0 Å². The molecule has 0 amide bonds. The highest BCUT2D eigenvalue weighted by molar-refractivity contribution is 6.30. The molecule has 0 saturated carbocycles. The molecule has 108 valence electrons. The van der Waals surface area contributed by atoms with Gasteiger partial charge in [0.05, 0.1) is 19.7 Å². The van der Waals surface area contributed by atoms with Crippen molar-refractivity contribution in [3.8, 4) is 11.5 Å². The molecular formula is C17H16ClNO2. The summed E-state index contributed by atoms with van der Waals surface area (Å²) in [5, 5.41) is 1.79. The lowest BCUT2D eigenvalue weighted by atomic mass is 10.2. The third kappa shape index (κ3) is 2.57. The molecule has 0 fully saturated rings. The second-order valence-corrected chi connectivity index (χ2v) is 5.24. The summed E-state index contributed by atoms with van der Waals surface area (Å²) >= 11 is 5.93. The van der Waals surface area contributed by atoms with Crippen LogP contribution in [0.5, 0.6) is 11.5 Å². The Morgan fingerprint density at radius 3 is 2.24 bits per heavy atom. The van der Waals surface area contributed by atoms with Crippen molar-refractivity contribution in [2.24, 2.45) is 0 Å². The summed E-state index contributed by atoms with van der Waals surface area (Å²) in [4.78, 5) is 0.